The molecule has 5 nitrogen and oxygen atoms in total. The molecule has 2 N–H and O–H groups in total. The van der Waals surface area contributed by atoms with Crippen LogP contribution in [0.3, 0.4) is 0 Å². The number of carbonyl (C=O) groups excluding carboxylic acids is 1. The Hall–Kier alpha value is -1.88. The van der Waals surface area contributed by atoms with Crippen LogP contribution >= 0.6 is 0 Å². The second-order valence-corrected chi connectivity index (χ2v) is 4.52. The summed E-state index contributed by atoms with van der Waals surface area (Å²) < 4.78 is 5.00. The predicted octanol–water partition coefficient (Wildman–Crippen LogP) is 1.57. The van der Waals surface area contributed by atoms with Crippen molar-refractivity contribution in [1.29, 1.82) is 0 Å². The third-order valence-corrected chi connectivity index (χ3v) is 3.36. The normalized spacial score (nSPS) is 13.5. The van der Waals surface area contributed by atoms with Crippen LogP contribution in [0.5, 0.6) is 0 Å². The van der Waals surface area contributed by atoms with Gasteiger partial charge in [0, 0.05) is 13.2 Å². The second kappa shape index (κ2) is 7.65. The highest BCUT2D eigenvalue weighted by atomic mass is 16.5. The first-order valence-corrected chi connectivity index (χ1v) is 6.70. The van der Waals surface area contributed by atoms with Crippen LogP contribution in [0.2, 0.25) is 0 Å². The van der Waals surface area contributed by atoms with Crippen molar-refractivity contribution >= 4 is 11.9 Å². The average molecular weight is 279 g/mol. The summed E-state index contributed by atoms with van der Waals surface area (Å²) in [5.74, 6) is -1.25. The number of carboxylic acids is 1. The molecule has 0 saturated heterocycles. The first kappa shape index (κ1) is 16.2. The zero-order chi connectivity index (χ0) is 15.0. The van der Waals surface area contributed by atoms with Crippen LogP contribution in [0.25, 0.3) is 0 Å². The number of carbonyl (C=O) groups is 2. The van der Waals surface area contributed by atoms with E-state index in [0.717, 1.165) is 0 Å². The van der Waals surface area contributed by atoms with Crippen molar-refractivity contribution in [1.82, 2.24) is 5.32 Å². The first-order valence-electron chi connectivity index (χ1n) is 6.70. The minimum Gasteiger partial charge on any atom is -0.481 e. The van der Waals surface area contributed by atoms with Gasteiger partial charge < -0.3 is 15.2 Å². The number of nitrogens with one attached hydrogen (secondary N) is 1. The molecular formula is C15H21NO4. The summed E-state index contributed by atoms with van der Waals surface area (Å²) in [6, 6.07) is 8.97. The van der Waals surface area contributed by atoms with Gasteiger partial charge in [0.1, 0.15) is 12.0 Å². The zero-order valence-corrected chi connectivity index (χ0v) is 11.9. The van der Waals surface area contributed by atoms with Gasteiger partial charge in [-0.05, 0) is 18.9 Å². The smallest absolute Gasteiger partial charge is 0.315 e. The molecule has 1 aromatic carbocycles. The summed E-state index contributed by atoms with van der Waals surface area (Å²) in [6.07, 6.45) is 0.390. The molecule has 0 heterocycles. The van der Waals surface area contributed by atoms with Gasteiger partial charge >= 0.3 is 5.97 Å². The Morgan fingerprint density at radius 2 is 1.90 bits per heavy atom. The van der Waals surface area contributed by atoms with Gasteiger partial charge in [-0.3, -0.25) is 9.59 Å². The van der Waals surface area contributed by atoms with E-state index in [-0.39, 0.29) is 19.1 Å². The van der Waals surface area contributed by atoms with Crippen molar-refractivity contribution in [3.8, 4) is 0 Å². The van der Waals surface area contributed by atoms with Crippen molar-refractivity contribution in [2.45, 2.75) is 25.7 Å². The molecule has 0 aromatic heterocycles. The van der Waals surface area contributed by atoms with Gasteiger partial charge in [0.25, 0.3) is 0 Å². The number of ether oxygens (including phenoxy) is 1. The van der Waals surface area contributed by atoms with Gasteiger partial charge in [0.05, 0.1) is 0 Å². The number of hydrogen-bond acceptors (Lipinski definition) is 3. The van der Waals surface area contributed by atoms with E-state index < -0.39 is 11.4 Å². The molecule has 110 valence electrons. The van der Waals surface area contributed by atoms with E-state index in [1.807, 2.05) is 6.07 Å². The molecule has 1 amide bonds. The summed E-state index contributed by atoms with van der Waals surface area (Å²) >= 11 is 0. The lowest BCUT2D eigenvalue weighted by Gasteiger charge is -2.29. The lowest BCUT2D eigenvalue weighted by molar-refractivity contribution is -0.144. The largest absolute Gasteiger partial charge is 0.481 e. The highest BCUT2D eigenvalue weighted by molar-refractivity contribution is 5.84. The van der Waals surface area contributed by atoms with Gasteiger partial charge in [0.15, 0.2) is 0 Å². The van der Waals surface area contributed by atoms with Crippen LogP contribution in [-0.4, -0.2) is 36.7 Å². The van der Waals surface area contributed by atoms with Gasteiger partial charge in [-0.1, -0.05) is 37.3 Å². The van der Waals surface area contributed by atoms with E-state index >= 15 is 0 Å². The molecule has 0 spiro atoms. The van der Waals surface area contributed by atoms with E-state index in [9.17, 15) is 14.7 Å². The molecule has 0 bridgehead atoms. The van der Waals surface area contributed by atoms with Crippen LogP contribution in [-0.2, 0) is 19.7 Å². The molecule has 0 aliphatic rings. The third-order valence-electron chi connectivity index (χ3n) is 3.36. The second-order valence-electron chi connectivity index (χ2n) is 4.52. The molecule has 0 aliphatic carbocycles. The van der Waals surface area contributed by atoms with E-state index in [1.54, 1.807) is 38.1 Å². The van der Waals surface area contributed by atoms with Crippen LogP contribution in [0, 0.1) is 0 Å². The molecule has 1 atom stereocenters. The molecule has 1 rings (SSSR count). The molecule has 0 radical (unpaired) electrons. The van der Waals surface area contributed by atoms with Crippen molar-refractivity contribution in [3.05, 3.63) is 35.9 Å². The average Bonchev–Trinajstić information content (AvgIpc) is 2.47. The Kier molecular flexibility index (Phi) is 6.18. The summed E-state index contributed by atoms with van der Waals surface area (Å²) in [5, 5.41) is 12.2. The molecular weight excluding hydrogens is 258 g/mol. The van der Waals surface area contributed by atoms with E-state index in [2.05, 4.69) is 5.32 Å². The van der Waals surface area contributed by atoms with Crippen LogP contribution in [0.15, 0.2) is 30.3 Å². The van der Waals surface area contributed by atoms with Crippen LogP contribution in [0.4, 0.5) is 0 Å². The molecule has 1 unspecified atom stereocenters. The highest BCUT2D eigenvalue weighted by Crippen LogP contribution is 2.27. The summed E-state index contributed by atoms with van der Waals surface area (Å²) in [7, 11) is 0. The highest BCUT2D eigenvalue weighted by Gasteiger charge is 2.38. The fraction of sp³-hybridized carbons (Fsp3) is 0.467. The Balaban J connectivity index is 2.85. The van der Waals surface area contributed by atoms with Crippen molar-refractivity contribution in [2.24, 2.45) is 0 Å². The molecule has 20 heavy (non-hydrogen) atoms. The van der Waals surface area contributed by atoms with Gasteiger partial charge in [-0.25, -0.2) is 0 Å². The SMILES string of the molecule is CCOCC(=O)NCC(CC)(C(=O)O)c1ccccc1. The minimum absolute atomic E-state index is 0.0504. The Labute approximate surface area is 118 Å². The summed E-state index contributed by atoms with van der Waals surface area (Å²) in [5.41, 5.74) is -0.421. The number of carboxylic acid groups (broad SMARTS) is 1. The maximum Gasteiger partial charge on any atom is 0.315 e. The van der Waals surface area contributed by atoms with E-state index in [0.29, 0.717) is 18.6 Å². The molecule has 1 aromatic rings. The van der Waals surface area contributed by atoms with Crippen molar-refractivity contribution in [2.75, 3.05) is 19.8 Å². The standard InChI is InChI=1S/C15H21NO4/c1-3-15(14(18)19,12-8-6-5-7-9-12)11-16-13(17)10-20-4-2/h5-9H,3-4,10-11H2,1-2H3,(H,16,17)(H,18,19). The molecule has 0 aliphatic heterocycles. The zero-order valence-electron chi connectivity index (χ0n) is 11.9. The lowest BCUT2D eigenvalue weighted by atomic mass is 9.78. The van der Waals surface area contributed by atoms with E-state index in [1.165, 1.54) is 0 Å². The number of benzene rings is 1. The van der Waals surface area contributed by atoms with Crippen LogP contribution in [0.1, 0.15) is 25.8 Å². The van der Waals surface area contributed by atoms with Gasteiger partial charge in [-0.15, -0.1) is 0 Å². The monoisotopic (exact) mass is 279 g/mol. The Morgan fingerprint density at radius 3 is 2.40 bits per heavy atom. The molecule has 5 heteroatoms. The van der Waals surface area contributed by atoms with Gasteiger partial charge in [0.2, 0.25) is 5.91 Å². The number of amides is 1. The molecule has 0 saturated carbocycles. The Morgan fingerprint density at radius 1 is 1.25 bits per heavy atom. The van der Waals surface area contributed by atoms with Crippen LogP contribution < -0.4 is 5.32 Å². The first-order chi connectivity index (χ1) is 9.56. The number of aliphatic carboxylic acids is 1. The fourth-order valence-electron chi connectivity index (χ4n) is 2.03. The van der Waals surface area contributed by atoms with E-state index in [4.69, 9.17) is 4.74 Å². The fourth-order valence-corrected chi connectivity index (χ4v) is 2.03. The van der Waals surface area contributed by atoms with Crippen molar-refractivity contribution in [3.63, 3.8) is 0 Å². The summed E-state index contributed by atoms with van der Waals surface area (Å²) in [6.45, 7) is 4.05. The summed E-state index contributed by atoms with van der Waals surface area (Å²) in [4.78, 5) is 23.3. The quantitative estimate of drug-likeness (QED) is 0.757. The maximum atomic E-state index is 11.7. The Bertz CT molecular complexity index is 446. The van der Waals surface area contributed by atoms with Crippen molar-refractivity contribution < 1.29 is 19.4 Å². The van der Waals surface area contributed by atoms with Gasteiger partial charge in [-0.2, -0.15) is 0 Å². The third kappa shape index (κ3) is 3.81. The minimum atomic E-state index is -1.11. The number of rotatable bonds is 8. The number of hydrogen-bond donors (Lipinski definition) is 2. The maximum absolute atomic E-state index is 11.7. The predicted molar refractivity (Wildman–Crippen MR) is 75.5 cm³/mol. The molecule has 0 fully saturated rings. The topological polar surface area (TPSA) is 75.6 Å². The lowest BCUT2D eigenvalue weighted by Crippen LogP contribution is -2.47.